The van der Waals surface area contributed by atoms with E-state index in [0.29, 0.717) is 12.6 Å². The monoisotopic (exact) mass is 351 g/mol. The molecule has 1 atom stereocenters. The molecule has 24 heavy (non-hydrogen) atoms. The molecule has 2 saturated heterocycles. The van der Waals surface area contributed by atoms with Gasteiger partial charge in [0.15, 0.2) is 0 Å². The molecule has 1 spiro atoms. The van der Waals surface area contributed by atoms with Gasteiger partial charge in [-0.1, -0.05) is 0 Å². The normalized spacial score (nSPS) is 24.0. The molecule has 2 aliphatic heterocycles. The highest BCUT2D eigenvalue weighted by Gasteiger charge is 2.42. The SMILES string of the molecule is Cc1nc(C)c(C(=O)NCC2CCC3(CCN(C(C)C)CC3)O2)s1. The summed E-state index contributed by atoms with van der Waals surface area (Å²) in [4.78, 5) is 19.9. The van der Waals surface area contributed by atoms with Crippen LogP contribution in [0.2, 0.25) is 0 Å². The Balaban J connectivity index is 1.48. The van der Waals surface area contributed by atoms with E-state index < -0.39 is 0 Å². The summed E-state index contributed by atoms with van der Waals surface area (Å²) in [6.07, 6.45) is 4.54. The van der Waals surface area contributed by atoms with Crippen LogP contribution in [0.25, 0.3) is 0 Å². The summed E-state index contributed by atoms with van der Waals surface area (Å²) in [6.45, 7) is 11.2. The highest BCUT2D eigenvalue weighted by molar-refractivity contribution is 7.13. The van der Waals surface area contributed by atoms with Gasteiger partial charge in [0.25, 0.3) is 5.91 Å². The van der Waals surface area contributed by atoms with Crippen LogP contribution in [0.15, 0.2) is 0 Å². The number of aromatic nitrogens is 1. The summed E-state index contributed by atoms with van der Waals surface area (Å²) in [7, 11) is 0. The molecule has 6 heteroatoms. The van der Waals surface area contributed by atoms with E-state index in [1.165, 1.54) is 11.3 Å². The molecule has 0 bridgehead atoms. The molecule has 1 aromatic rings. The fourth-order valence-corrected chi connectivity index (χ4v) is 4.72. The first-order valence-corrected chi connectivity index (χ1v) is 9.84. The summed E-state index contributed by atoms with van der Waals surface area (Å²) in [5.41, 5.74) is 0.873. The molecule has 3 heterocycles. The largest absolute Gasteiger partial charge is 0.370 e. The first-order valence-electron chi connectivity index (χ1n) is 9.03. The van der Waals surface area contributed by atoms with Crippen LogP contribution in [0.5, 0.6) is 0 Å². The van der Waals surface area contributed by atoms with E-state index in [-0.39, 0.29) is 17.6 Å². The number of aryl methyl sites for hydroxylation is 2. The minimum Gasteiger partial charge on any atom is -0.370 e. The van der Waals surface area contributed by atoms with Crippen LogP contribution in [-0.2, 0) is 4.74 Å². The van der Waals surface area contributed by atoms with Crippen LogP contribution in [-0.4, -0.2) is 53.2 Å². The van der Waals surface area contributed by atoms with Gasteiger partial charge in [-0.25, -0.2) is 4.98 Å². The molecule has 5 nitrogen and oxygen atoms in total. The maximum atomic E-state index is 12.3. The van der Waals surface area contributed by atoms with Gasteiger partial charge < -0.3 is 15.0 Å². The Kier molecular flexibility index (Phi) is 5.27. The third kappa shape index (κ3) is 3.81. The number of thiazole rings is 1. The summed E-state index contributed by atoms with van der Waals surface area (Å²) < 4.78 is 6.39. The zero-order valence-electron chi connectivity index (χ0n) is 15.2. The quantitative estimate of drug-likeness (QED) is 0.906. The number of carbonyl (C=O) groups is 1. The summed E-state index contributed by atoms with van der Waals surface area (Å²) >= 11 is 1.46. The lowest BCUT2D eigenvalue weighted by Gasteiger charge is -2.40. The van der Waals surface area contributed by atoms with E-state index in [0.717, 1.165) is 54.4 Å². The Morgan fingerprint density at radius 2 is 2.08 bits per heavy atom. The second-order valence-corrected chi connectivity index (χ2v) is 8.65. The van der Waals surface area contributed by atoms with Crippen molar-refractivity contribution >= 4 is 17.2 Å². The van der Waals surface area contributed by atoms with Gasteiger partial charge in [0.2, 0.25) is 0 Å². The van der Waals surface area contributed by atoms with Gasteiger partial charge in [0.05, 0.1) is 22.4 Å². The number of rotatable bonds is 4. The second-order valence-electron chi connectivity index (χ2n) is 7.45. The number of piperidine rings is 1. The van der Waals surface area contributed by atoms with Crippen molar-refractivity contribution in [2.24, 2.45) is 0 Å². The maximum Gasteiger partial charge on any atom is 0.263 e. The number of amides is 1. The van der Waals surface area contributed by atoms with Crippen LogP contribution >= 0.6 is 11.3 Å². The van der Waals surface area contributed by atoms with Crippen molar-refractivity contribution in [1.82, 2.24) is 15.2 Å². The standard InChI is InChI=1S/C18H29N3O2S/c1-12(2)21-9-7-18(8-10-21)6-5-15(23-18)11-19-17(22)16-13(3)20-14(4)24-16/h12,15H,5-11H2,1-4H3,(H,19,22). The van der Waals surface area contributed by atoms with Crippen LogP contribution < -0.4 is 5.32 Å². The number of hydrogen-bond donors (Lipinski definition) is 1. The molecule has 0 aromatic carbocycles. The minimum absolute atomic E-state index is 0.0164. The number of ether oxygens (including phenoxy) is 1. The van der Waals surface area contributed by atoms with Crippen molar-refractivity contribution in [3.8, 4) is 0 Å². The minimum atomic E-state index is -0.0164. The van der Waals surface area contributed by atoms with E-state index in [1.807, 2.05) is 13.8 Å². The molecule has 0 radical (unpaired) electrons. The smallest absolute Gasteiger partial charge is 0.263 e. The number of nitrogens with zero attached hydrogens (tertiary/aromatic N) is 2. The Morgan fingerprint density at radius 3 is 2.67 bits per heavy atom. The van der Waals surface area contributed by atoms with E-state index in [2.05, 4.69) is 29.0 Å². The zero-order valence-corrected chi connectivity index (χ0v) is 16.0. The van der Waals surface area contributed by atoms with Crippen LogP contribution in [0.4, 0.5) is 0 Å². The van der Waals surface area contributed by atoms with Gasteiger partial charge in [0.1, 0.15) is 4.88 Å². The molecule has 1 aromatic heterocycles. The van der Waals surface area contributed by atoms with E-state index in [4.69, 9.17) is 4.74 Å². The van der Waals surface area contributed by atoms with Crippen molar-refractivity contribution in [1.29, 1.82) is 0 Å². The van der Waals surface area contributed by atoms with Crippen molar-refractivity contribution in [2.45, 2.75) is 71.1 Å². The molecular weight excluding hydrogens is 322 g/mol. The Bertz CT molecular complexity index is 591. The van der Waals surface area contributed by atoms with E-state index >= 15 is 0 Å². The Hall–Kier alpha value is -0.980. The number of hydrogen-bond acceptors (Lipinski definition) is 5. The van der Waals surface area contributed by atoms with Crippen molar-refractivity contribution < 1.29 is 9.53 Å². The van der Waals surface area contributed by atoms with Crippen molar-refractivity contribution in [2.75, 3.05) is 19.6 Å². The summed E-state index contributed by atoms with van der Waals surface area (Å²) in [5, 5.41) is 3.98. The van der Waals surface area contributed by atoms with Gasteiger partial charge in [-0.15, -0.1) is 11.3 Å². The lowest BCUT2D eigenvalue weighted by atomic mass is 9.88. The zero-order chi connectivity index (χ0) is 17.3. The van der Waals surface area contributed by atoms with Crippen LogP contribution in [0, 0.1) is 13.8 Å². The number of carbonyl (C=O) groups excluding carboxylic acids is 1. The fraction of sp³-hybridized carbons (Fsp3) is 0.778. The average Bonchev–Trinajstić information content (AvgIpc) is 3.09. The average molecular weight is 352 g/mol. The molecule has 3 rings (SSSR count). The molecule has 134 valence electrons. The van der Waals surface area contributed by atoms with Gasteiger partial charge in [0, 0.05) is 25.7 Å². The molecular formula is C18H29N3O2S. The number of nitrogens with one attached hydrogen (secondary N) is 1. The highest BCUT2D eigenvalue weighted by atomic mass is 32.1. The van der Waals surface area contributed by atoms with Gasteiger partial charge in [-0.2, -0.15) is 0 Å². The van der Waals surface area contributed by atoms with Crippen molar-refractivity contribution in [3.05, 3.63) is 15.6 Å². The lowest BCUT2D eigenvalue weighted by Crippen LogP contribution is -2.47. The molecule has 2 aliphatic rings. The highest BCUT2D eigenvalue weighted by Crippen LogP contribution is 2.39. The van der Waals surface area contributed by atoms with E-state index in [1.54, 1.807) is 0 Å². The maximum absolute atomic E-state index is 12.3. The summed E-state index contributed by atoms with van der Waals surface area (Å²) in [5.74, 6) is -0.0164. The third-order valence-corrected chi connectivity index (χ3v) is 6.45. The molecule has 1 unspecified atom stereocenters. The second kappa shape index (κ2) is 7.10. The first kappa shape index (κ1) is 17.8. The van der Waals surface area contributed by atoms with Gasteiger partial charge in [-0.05, 0) is 53.4 Å². The molecule has 0 saturated carbocycles. The molecule has 0 aliphatic carbocycles. The molecule has 1 N–H and O–H groups in total. The number of likely N-dealkylation sites (tertiary alicyclic amines) is 1. The van der Waals surface area contributed by atoms with E-state index in [9.17, 15) is 4.79 Å². The Morgan fingerprint density at radius 1 is 1.38 bits per heavy atom. The van der Waals surface area contributed by atoms with Crippen LogP contribution in [0.1, 0.15) is 59.9 Å². The van der Waals surface area contributed by atoms with Gasteiger partial charge >= 0.3 is 0 Å². The molecule has 1 amide bonds. The topological polar surface area (TPSA) is 54.5 Å². The Labute approximate surface area is 148 Å². The fourth-order valence-electron chi connectivity index (χ4n) is 3.88. The predicted molar refractivity (Wildman–Crippen MR) is 96.7 cm³/mol. The summed E-state index contributed by atoms with van der Waals surface area (Å²) in [6, 6.07) is 0.616. The lowest BCUT2D eigenvalue weighted by molar-refractivity contribution is -0.0788. The van der Waals surface area contributed by atoms with Crippen molar-refractivity contribution in [3.63, 3.8) is 0 Å². The predicted octanol–water partition coefficient (Wildman–Crippen LogP) is 2.91. The first-order chi connectivity index (χ1) is 11.4. The molecule has 2 fully saturated rings. The van der Waals surface area contributed by atoms with Gasteiger partial charge in [-0.3, -0.25) is 4.79 Å². The van der Waals surface area contributed by atoms with Crippen LogP contribution in [0.3, 0.4) is 0 Å². The third-order valence-electron chi connectivity index (χ3n) is 5.38.